The second-order valence-electron chi connectivity index (χ2n) is 6.97. The van der Waals surface area contributed by atoms with Gasteiger partial charge in [0.05, 0.1) is 0 Å². The van der Waals surface area contributed by atoms with E-state index in [2.05, 4.69) is 42.7 Å². The molecule has 0 saturated heterocycles. The van der Waals surface area contributed by atoms with E-state index in [1.165, 1.54) is 69.2 Å². The summed E-state index contributed by atoms with van der Waals surface area (Å²) in [4.78, 5) is 2.62. The van der Waals surface area contributed by atoms with Crippen LogP contribution in [0.5, 0.6) is 0 Å². The Hall–Kier alpha value is -1.34. The lowest BCUT2D eigenvalue weighted by atomic mass is 9.86. The minimum absolute atomic E-state index is 1.14. The third-order valence-corrected chi connectivity index (χ3v) is 5.33. The van der Waals surface area contributed by atoms with Crippen molar-refractivity contribution in [3.05, 3.63) is 58.7 Å². The first kappa shape index (κ1) is 15.6. The van der Waals surface area contributed by atoms with Crippen LogP contribution in [0.4, 0.5) is 0 Å². The molecular formula is C21H29N. The largest absolute Gasteiger partial charge is 0.299 e. The molecule has 0 unspecified atom stereocenters. The van der Waals surface area contributed by atoms with Crippen LogP contribution in [0.25, 0.3) is 0 Å². The van der Waals surface area contributed by atoms with Gasteiger partial charge in [0.2, 0.25) is 0 Å². The third kappa shape index (κ3) is 3.70. The average Bonchev–Trinajstić information content (AvgIpc) is 2.55. The lowest BCUT2D eigenvalue weighted by Crippen LogP contribution is -2.31. The number of fused-ring (bicyclic) bond motifs is 1. The summed E-state index contributed by atoms with van der Waals surface area (Å²) in [7, 11) is 0. The molecule has 1 aromatic rings. The second-order valence-corrected chi connectivity index (χ2v) is 6.97. The summed E-state index contributed by atoms with van der Waals surface area (Å²) < 4.78 is 0. The van der Waals surface area contributed by atoms with Crippen molar-refractivity contribution < 1.29 is 0 Å². The molecule has 1 heteroatoms. The fraction of sp³-hybridized carbons (Fsp3) is 0.524. The molecule has 1 aliphatic heterocycles. The van der Waals surface area contributed by atoms with Gasteiger partial charge in [0, 0.05) is 13.1 Å². The molecule has 1 saturated carbocycles. The topological polar surface area (TPSA) is 3.24 Å². The van der Waals surface area contributed by atoms with Crippen molar-refractivity contribution >= 4 is 0 Å². The Morgan fingerprint density at radius 2 is 1.86 bits per heavy atom. The first-order chi connectivity index (χ1) is 10.7. The molecule has 0 spiro atoms. The number of benzene rings is 1. The predicted molar refractivity (Wildman–Crippen MR) is 95.0 cm³/mol. The van der Waals surface area contributed by atoms with Crippen molar-refractivity contribution in [3.63, 3.8) is 0 Å². The first-order valence-electron chi connectivity index (χ1n) is 8.90. The van der Waals surface area contributed by atoms with E-state index in [1.54, 1.807) is 16.7 Å². The van der Waals surface area contributed by atoms with Crippen LogP contribution in [0.3, 0.4) is 0 Å². The van der Waals surface area contributed by atoms with Gasteiger partial charge in [0.1, 0.15) is 0 Å². The number of allylic oxidation sites excluding steroid dienone is 3. The summed E-state index contributed by atoms with van der Waals surface area (Å²) in [6.07, 6.45) is 8.92. The van der Waals surface area contributed by atoms with Crippen LogP contribution in [-0.2, 0) is 13.0 Å². The standard InChI is InChI=1S/C21H29N/c1-17-8-3-6-12-21(17)18(2)9-7-14-22-15-13-19-10-4-5-11-20(19)16-22/h4-5,10-11H,1,3,6-9,12-16H2,2H3/b21-18+. The van der Waals surface area contributed by atoms with E-state index < -0.39 is 0 Å². The lowest BCUT2D eigenvalue weighted by molar-refractivity contribution is 0.251. The van der Waals surface area contributed by atoms with Gasteiger partial charge in [-0.2, -0.15) is 0 Å². The zero-order valence-electron chi connectivity index (χ0n) is 14.0. The third-order valence-electron chi connectivity index (χ3n) is 5.33. The minimum Gasteiger partial charge on any atom is -0.299 e. The van der Waals surface area contributed by atoms with Gasteiger partial charge in [-0.3, -0.25) is 4.90 Å². The van der Waals surface area contributed by atoms with E-state index in [4.69, 9.17) is 0 Å². The van der Waals surface area contributed by atoms with Crippen LogP contribution in [-0.4, -0.2) is 18.0 Å². The van der Waals surface area contributed by atoms with Gasteiger partial charge in [-0.25, -0.2) is 0 Å². The van der Waals surface area contributed by atoms with Crippen LogP contribution < -0.4 is 0 Å². The van der Waals surface area contributed by atoms with Gasteiger partial charge in [0.15, 0.2) is 0 Å². The van der Waals surface area contributed by atoms with Crippen molar-refractivity contribution in [1.82, 2.24) is 4.90 Å². The maximum absolute atomic E-state index is 4.27. The SMILES string of the molecule is C=C1CCCC/C1=C(/C)CCCN1CCc2ccccc2C1. The highest BCUT2D eigenvalue weighted by Gasteiger charge is 2.16. The van der Waals surface area contributed by atoms with E-state index in [0.717, 1.165) is 6.54 Å². The molecule has 0 bridgehead atoms. The van der Waals surface area contributed by atoms with Gasteiger partial charge >= 0.3 is 0 Å². The Kier molecular flexibility index (Phi) is 5.15. The van der Waals surface area contributed by atoms with Crippen molar-refractivity contribution in [3.8, 4) is 0 Å². The fourth-order valence-corrected chi connectivity index (χ4v) is 3.95. The van der Waals surface area contributed by atoms with E-state index >= 15 is 0 Å². The molecule has 22 heavy (non-hydrogen) atoms. The summed E-state index contributed by atoms with van der Waals surface area (Å²) in [5, 5.41) is 0. The van der Waals surface area contributed by atoms with E-state index in [-0.39, 0.29) is 0 Å². The van der Waals surface area contributed by atoms with Crippen molar-refractivity contribution in [2.24, 2.45) is 0 Å². The van der Waals surface area contributed by atoms with Gasteiger partial charge in [0.25, 0.3) is 0 Å². The molecule has 1 nitrogen and oxygen atoms in total. The summed E-state index contributed by atoms with van der Waals surface area (Å²) in [6.45, 7) is 10.2. The molecule has 1 aliphatic carbocycles. The maximum atomic E-state index is 4.27. The molecule has 0 aromatic heterocycles. The Bertz CT molecular complexity index is 567. The Balaban J connectivity index is 1.50. The van der Waals surface area contributed by atoms with Gasteiger partial charge in [-0.1, -0.05) is 42.0 Å². The average molecular weight is 295 g/mol. The number of nitrogens with zero attached hydrogens (tertiary/aromatic N) is 1. The summed E-state index contributed by atoms with van der Waals surface area (Å²) in [5.74, 6) is 0. The lowest BCUT2D eigenvalue weighted by Gasteiger charge is -2.29. The van der Waals surface area contributed by atoms with Crippen LogP contribution >= 0.6 is 0 Å². The van der Waals surface area contributed by atoms with E-state index in [1.807, 2.05) is 0 Å². The van der Waals surface area contributed by atoms with Gasteiger partial charge in [-0.05, 0) is 75.1 Å². The van der Waals surface area contributed by atoms with Crippen LogP contribution in [0.2, 0.25) is 0 Å². The van der Waals surface area contributed by atoms with Crippen molar-refractivity contribution in [1.29, 1.82) is 0 Å². The van der Waals surface area contributed by atoms with E-state index in [0.29, 0.717) is 0 Å². The van der Waals surface area contributed by atoms with Crippen LogP contribution in [0.15, 0.2) is 47.6 Å². The Morgan fingerprint density at radius 3 is 2.68 bits per heavy atom. The van der Waals surface area contributed by atoms with Crippen LogP contribution in [0.1, 0.15) is 56.6 Å². The quantitative estimate of drug-likeness (QED) is 0.731. The van der Waals surface area contributed by atoms with Gasteiger partial charge < -0.3 is 0 Å². The molecule has 0 N–H and O–H groups in total. The molecule has 0 amide bonds. The smallest absolute Gasteiger partial charge is 0.0236 e. The molecule has 0 radical (unpaired) electrons. The highest BCUT2D eigenvalue weighted by Crippen LogP contribution is 2.31. The zero-order valence-corrected chi connectivity index (χ0v) is 14.0. The minimum atomic E-state index is 1.14. The van der Waals surface area contributed by atoms with E-state index in [9.17, 15) is 0 Å². The number of hydrogen-bond acceptors (Lipinski definition) is 1. The van der Waals surface area contributed by atoms with Crippen LogP contribution in [0, 0.1) is 0 Å². The Labute approximate surface area is 135 Å². The predicted octanol–water partition coefficient (Wildman–Crippen LogP) is 5.27. The molecule has 0 atom stereocenters. The normalized spacial score (nSPS) is 21.6. The highest BCUT2D eigenvalue weighted by molar-refractivity contribution is 5.34. The Morgan fingerprint density at radius 1 is 1.09 bits per heavy atom. The zero-order chi connectivity index (χ0) is 15.4. The summed E-state index contributed by atoms with van der Waals surface area (Å²) >= 11 is 0. The number of rotatable bonds is 4. The molecule has 3 rings (SSSR count). The number of hydrogen-bond donors (Lipinski definition) is 0. The maximum Gasteiger partial charge on any atom is 0.0236 e. The molecular weight excluding hydrogens is 266 g/mol. The fourth-order valence-electron chi connectivity index (χ4n) is 3.95. The molecule has 2 aliphatic rings. The molecule has 118 valence electrons. The monoisotopic (exact) mass is 295 g/mol. The second kappa shape index (κ2) is 7.28. The summed E-state index contributed by atoms with van der Waals surface area (Å²) in [6, 6.07) is 8.92. The highest BCUT2D eigenvalue weighted by atomic mass is 15.1. The molecule has 1 aromatic carbocycles. The first-order valence-corrected chi connectivity index (χ1v) is 8.90. The van der Waals surface area contributed by atoms with Crippen molar-refractivity contribution in [2.45, 2.75) is 58.4 Å². The van der Waals surface area contributed by atoms with Crippen molar-refractivity contribution in [2.75, 3.05) is 13.1 Å². The molecule has 1 fully saturated rings. The summed E-state index contributed by atoms with van der Waals surface area (Å²) in [5.41, 5.74) is 7.69. The van der Waals surface area contributed by atoms with Gasteiger partial charge in [-0.15, -0.1) is 0 Å². The molecule has 1 heterocycles.